The SMILES string of the molecule is Fc1ccc(-c2nc(CSc3ccccc3Cl)no2)cc1. The van der Waals surface area contributed by atoms with E-state index in [0.29, 0.717) is 28.1 Å². The monoisotopic (exact) mass is 320 g/mol. The minimum Gasteiger partial charge on any atom is -0.334 e. The van der Waals surface area contributed by atoms with Crippen molar-refractivity contribution in [2.45, 2.75) is 10.6 Å². The van der Waals surface area contributed by atoms with E-state index >= 15 is 0 Å². The maximum absolute atomic E-state index is 12.9. The van der Waals surface area contributed by atoms with E-state index in [1.54, 1.807) is 12.1 Å². The van der Waals surface area contributed by atoms with E-state index in [-0.39, 0.29) is 5.82 Å². The molecule has 3 aromatic rings. The van der Waals surface area contributed by atoms with Crippen molar-refractivity contribution in [2.75, 3.05) is 0 Å². The lowest BCUT2D eigenvalue weighted by molar-refractivity contribution is 0.425. The number of aromatic nitrogens is 2. The number of benzene rings is 2. The summed E-state index contributed by atoms with van der Waals surface area (Å²) >= 11 is 7.62. The van der Waals surface area contributed by atoms with E-state index in [4.69, 9.17) is 16.1 Å². The number of halogens is 2. The second kappa shape index (κ2) is 6.28. The Hall–Kier alpha value is -1.85. The molecular formula is C15H10ClFN2OS. The third-order valence-corrected chi connectivity index (χ3v) is 4.26. The zero-order valence-electron chi connectivity index (χ0n) is 10.8. The molecule has 0 saturated carbocycles. The fourth-order valence-corrected chi connectivity index (χ4v) is 2.81. The highest BCUT2D eigenvalue weighted by Crippen LogP contribution is 2.29. The van der Waals surface area contributed by atoms with E-state index in [1.807, 2.05) is 24.3 Å². The topological polar surface area (TPSA) is 38.9 Å². The summed E-state index contributed by atoms with van der Waals surface area (Å²) in [5.41, 5.74) is 0.692. The number of hydrogen-bond acceptors (Lipinski definition) is 4. The van der Waals surface area contributed by atoms with Gasteiger partial charge in [-0.25, -0.2) is 4.39 Å². The van der Waals surface area contributed by atoms with E-state index in [1.165, 1.54) is 23.9 Å². The molecule has 1 heterocycles. The lowest BCUT2D eigenvalue weighted by Gasteiger charge is -2.00. The van der Waals surface area contributed by atoms with E-state index < -0.39 is 0 Å². The van der Waals surface area contributed by atoms with Crippen LogP contribution in [-0.4, -0.2) is 10.1 Å². The van der Waals surface area contributed by atoms with Crippen molar-refractivity contribution in [1.29, 1.82) is 0 Å². The largest absolute Gasteiger partial charge is 0.334 e. The Balaban J connectivity index is 1.71. The summed E-state index contributed by atoms with van der Waals surface area (Å²) in [6.45, 7) is 0. The normalized spacial score (nSPS) is 10.8. The molecule has 21 heavy (non-hydrogen) atoms. The molecule has 0 fully saturated rings. The fourth-order valence-electron chi connectivity index (χ4n) is 1.73. The smallest absolute Gasteiger partial charge is 0.257 e. The quantitative estimate of drug-likeness (QED) is 0.646. The molecule has 1 aromatic heterocycles. The van der Waals surface area contributed by atoms with Gasteiger partial charge >= 0.3 is 0 Å². The van der Waals surface area contributed by atoms with Crippen molar-refractivity contribution in [2.24, 2.45) is 0 Å². The molecule has 2 aromatic carbocycles. The van der Waals surface area contributed by atoms with E-state index in [9.17, 15) is 4.39 Å². The molecule has 0 N–H and O–H groups in total. The maximum atomic E-state index is 12.9. The van der Waals surface area contributed by atoms with Crippen LogP contribution in [0.2, 0.25) is 5.02 Å². The van der Waals surface area contributed by atoms with Crippen LogP contribution < -0.4 is 0 Å². The third kappa shape index (κ3) is 3.43. The lowest BCUT2D eigenvalue weighted by Crippen LogP contribution is -1.85. The summed E-state index contributed by atoms with van der Waals surface area (Å²) in [5, 5.41) is 4.61. The second-order valence-corrected chi connectivity index (χ2v) is 5.67. The van der Waals surface area contributed by atoms with Gasteiger partial charge in [-0.15, -0.1) is 11.8 Å². The standard InChI is InChI=1S/C15H10ClFN2OS/c16-12-3-1-2-4-13(12)21-9-14-18-15(20-19-14)10-5-7-11(17)8-6-10/h1-8H,9H2. The van der Waals surface area contributed by atoms with Gasteiger partial charge in [0.05, 0.1) is 10.8 Å². The first-order valence-electron chi connectivity index (χ1n) is 6.18. The van der Waals surface area contributed by atoms with Crippen molar-refractivity contribution in [3.05, 3.63) is 65.2 Å². The van der Waals surface area contributed by atoms with Crippen molar-refractivity contribution in [3.63, 3.8) is 0 Å². The molecule has 3 rings (SSSR count). The van der Waals surface area contributed by atoms with Crippen LogP contribution in [0.1, 0.15) is 5.82 Å². The Kier molecular flexibility index (Phi) is 4.22. The summed E-state index contributed by atoms with van der Waals surface area (Å²) in [6.07, 6.45) is 0. The first kappa shape index (κ1) is 14.1. The molecule has 106 valence electrons. The number of hydrogen-bond donors (Lipinski definition) is 0. The molecule has 0 spiro atoms. The predicted molar refractivity (Wildman–Crippen MR) is 80.7 cm³/mol. The van der Waals surface area contributed by atoms with Crippen molar-refractivity contribution in [1.82, 2.24) is 10.1 Å². The van der Waals surface area contributed by atoms with Crippen LogP contribution >= 0.6 is 23.4 Å². The summed E-state index contributed by atoms with van der Waals surface area (Å²) in [6, 6.07) is 13.5. The summed E-state index contributed by atoms with van der Waals surface area (Å²) in [7, 11) is 0. The van der Waals surface area contributed by atoms with Gasteiger partial charge in [-0.3, -0.25) is 0 Å². The Labute approximate surface area is 130 Å². The second-order valence-electron chi connectivity index (χ2n) is 4.24. The molecule has 0 radical (unpaired) electrons. The van der Waals surface area contributed by atoms with Crippen LogP contribution in [0.5, 0.6) is 0 Å². The van der Waals surface area contributed by atoms with Crippen molar-refractivity contribution >= 4 is 23.4 Å². The molecule has 3 nitrogen and oxygen atoms in total. The van der Waals surface area contributed by atoms with Gasteiger partial charge in [-0.05, 0) is 36.4 Å². The minimum absolute atomic E-state index is 0.298. The van der Waals surface area contributed by atoms with Gasteiger partial charge in [0.15, 0.2) is 5.82 Å². The number of nitrogens with zero attached hydrogens (tertiary/aromatic N) is 2. The predicted octanol–water partition coefficient (Wildman–Crippen LogP) is 4.82. The Bertz CT molecular complexity index is 745. The van der Waals surface area contributed by atoms with Gasteiger partial charge in [-0.1, -0.05) is 28.9 Å². The molecule has 0 aliphatic rings. The van der Waals surface area contributed by atoms with Crippen LogP contribution in [0.25, 0.3) is 11.5 Å². The summed E-state index contributed by atoms with van der Waals surface area (Å²) < 4.78 is 18.1. The number of thioether (sulfide) groups is 1. The zero-order valence-corrected chi connectivity index (χ0v) is 12.4. The van der Waals surface area contributed by atoms with Gasteiger partial charge in [-0.2, -0.15) is 4.98 Å². The Morgan fingerprint density at radius 1 is 1.10 bits per heavy atom. The highest BCUT2D eigenvalue weighted by atomic mass is 35.5. The summed E-state index contributed by atoms with van der Waals surface area (Å²) in [5.74, 6) is 1.20. The molecule has 0 atom stereocenters. The first-order chi connectivity index (χ1) is 10.2. The van der Waals surface area contributed by atoms with Crippen LogP contribution in [-0.2, 0) is 5.75 Å². The summed E-state index contributed by atoms with van der Waals surface area (Å²) in [4.78, 5) is 5.26. The molecule has 6 heteroatoms. The van der Waals surface area contributed by atoms with Crippen LogP contribution in [0.4, 0.5) is 4.39 Å². The lowest BCUT2D eigenvalue weighted by atomic mass is 10.2. The van der Waals surface area contributed by atoms with Crippen LogP contribution in [0.15, 0.2) is 57.9 Å². The van der Waals surface area contributed by atoms with Crippen LogP contribution in [0.3, 0.4) is 0 Å². The molecule has 0 unspecified atom stereocenters. The maximum Gasteiger partial charge on any atom is 0.257 e. The van der Waals surface area contributed by atoms with Gasteiger partial charge in [0, 0.05) is 10.5 Å². The molecule has 0 aliphatic carbocycles. The van der Waals surface area contributed by atoms with Crippen molar-refractivity contribution < 1.29 is 8.91 Å². The van der Waals surface area contributed by atoms with Gasteiger partial charge in [0.1, 0.15) is 5.82 Å². The Morgan fingerprint density at radius 2 is 1.86 bits per heavy atom. The average molecular weight is 321 g/mol. The van der Waals surface area contributed by atoms with E-state index in [0.717, 1.165) is 4.90 Å². The fraction of sp³-hybridized carbons (Fsp3) is 0.0667. The first-order valence-corrected chi connectivity index (χ1v) is 7.54. The third-order valence-electron chi connectivity index (χ3n) is 2.75. The van der Waals surface area contributed by atoms with Gasteiger partial charge in [0.25, 0.3) is 5.89 Å². The highest BCUT2D eigenvalue weighted by molar-refractivity contribution is 7.98. The Morgan fingerprint density at radius 3 is 2.62 bits per heavy atom. The molecule has 0 aliphatic heterocycles. The zero-order chi connectivity index (χ0) is 14.7. The average Bonchev–Trinajstić information content (AvgIpc) is 2.96. The van der Waals surface area contributed by atoms with E-state index in [2.05, 4.69) is 10.1 Å². The highest BCUT2D eigenvalue weighted by Gasteiger charge is 2.10. The van der Waals surface area contributed by atoms with Gasteiger partial charge in [0.2, 0.25) is 0 Å². The molecular weight excluding hydrogens is 311 g/mol. The molecule has 0 bridgehead atoms. The molecule has 0 saturated heterocycles. The molecule has 0 amide bonds. The van der Waals surface area contributed by atoms with Crippen LogP contribution in [0, 0.1) is 5.82 Å². The van der Waals surface area contributed by atoms with Crippen molar-refractivity contribution in [3.8, 4) is 11.5 Å². The van der Waals surface area contributed by atoms with Gasteiger partial charge < -0.3 is 4.52 Å². The number of rotatable bonds is 4. The minimum atomic E-state index is -0.298.